The van der Waals surface area contributed by atoms with Crippen LogP contribution in [0, 0.1) is 0 Å². The second kappa shape index (κ2) is 4.05. The normalized spacial score (nSPS) is 15.3. The number of hydrogen-bond donors (Lipinski definition) is 2. The Morgan fingerprint density at radius 2 is 1.36 bits per heavy atom. The zero-order chi connectivity index (χ0) is 9.02. The summed E-state index contributed by atoms with van der Waals surface area (Å²) in [7, 11) is 0. The predicted molar refractivity (Wildman–Crippen MR) is 38.4 cm³/mol. The molecule has 0 saturated carbocycles. The fraction of sp³-hybridized carbons (Fsp3) is 0.667. The van der Waals surface area contributed by atoms with E-state index in [9.17, 15) is 9.59 Å². The highest BCUT2D eigenvalue weighted by Crippen LogP contribution is 1.88. The number of esters is 2. The van der Waals surface area contributed by atoms with Gasteiger partial charge in [-0.2, -0.15) is 0 Å². The third kappa shape index (κ3) is 3.69. The summed E-state index contributed by atoms with van der Waals surface area (Å²) in [4.78, 5) is 21.3. The van der Waals surface area contributed by atoms with Gasteiger partial charge in [-0.1, -0.05) is 0 Å². The molecule has 4 N–H and O–H groups in total. The van der Waals surface area contributed by atoms with E-state index in [1.165, 1.54) is 13.8 Å². The summed E-state index contributed by atoms with van der Waals surface area (Å²) in [5, 5.41) is 0. The summed E-state index contributed by atoms with van der Waals surface area (Å²) in [6, 6.07) is -1.59. The van der Waals surface area contributed by atoms with Gasteiger partial charge in [0.25, 0.3) is 0 Å². The highest BCUT2D eigenvalue weighted by Gasteiger charge is 2.16. The van der Waals surface area contributed by atoms with Crippen LogP contribution in [-0.2, 0) is 14.3 Å². The van der Waals surface area contributed by atoms with E-state index in [0.29, 0.717) is 0 Å². The van der Waals surface area contributed by atoms with Crippen LogP contribution in [0.25, 0.3) is 0 Å². The van der Waals surface area contributed by atoms with Crippen molar-refractivity contribution in [1.82, 2.24) is 0 Å². The first-order valence-electron chi connectivity index (χ1n) is 3.22. The molecule has 0 aromatic carbocycles. The largest absolute Gasteiger partial charge is 0.391 e. The van der Waals surface area contributed by atoms with Crippen LogP contribution in [0.3, 0.4) is 0 Å². The average Bonchev–Trinajstić information content (AvgIpc) is 1.87. The van der Waals surface area contributed by atoms with E-state index in [1.807, 2.05) is 0 Å². The van der Waals surface area contributed by atoms with E-state index in [4.69, 9.17) is 11.5 Å². The van der Waals surface area contributed by atoms with Crippen molar-refractivity contribution >= 4 is 11.9 Å². The van der Waals surface area contributed by atoms with E-state index in [1.54, 1.807) is 0 Å². The number of carbonyl (C=O) groups excluding carboxylic acids is 2. The lowest BCUT2D eigenvalue weighted by Crippen LogP contribution is -2.36. The Hall–Kier alpha value is -0.940. The van der Waals surface area contributed by atoms with Crippen molar-refractivity contribution in [2.24, 2.45) is 11.5 Å². The van der Waals surface area contributed by atoms with Crippen LogP contribution in [0.5, 0.6) is 0 Å². The molecule has 0 radical (unpaired) electrons. The van der Waals surface area contributed by atoms with Gasteiger partial charge in [0.2, 0.25) is 0 Å². The molecule has 5 nitrogen and oxygen atoms in total. The minimum atomic E-state index is -0.794. The van der Waals surface area contributed by atoms with Crippen LogP contribution < -0.4 is 11.5 Å². The summed E-state index contributed by atoms with van der Waals surface area (Å²) >= 11 is 0. The predicted octanol–water partition coefficient (Wildman–Crippen LogP) is -1.25. The van der Waals surface area contributed by atoms with Crippen molar-refractivity contribution in [3.05, 3.63) is 0 Å². The quantitative estimate of drug-likeness (QED) is 0.388. The molecule has 5 heteroatoms. The first-order chi connectivity index (χ1) is 4.95. The maximum absolute atomic E-state index is 10.6. The maximum atomic E-state index is 10.6. The van der Waals surface area contributed by atoms with E-state index >= 15 is 0 Å². The van der Waals surface area contributed by atoms with E-state index < -0.39 is 24.0 Å². The van der Waals surface area contributed by atoms with Crippen molar-refractivity contribution in [1.29, 1.82) is 0 Å². The molecular weight excluding hydrogens is 148 g/mol. The monoisotopic (exact) mass is 160 g/mol. The molecular formula is C6H12N2O3. The zero-order valence-electron chi connectivity index (χ0n) is 6.53. The fourth-order valence-electron chi connectivity index (χ4n) is 0.285. The average molecular weight is 160 g/mol. The van der Waals surface area contributed by atoms with Crippen LogP contribution in [0.2, 0.25) is 0 Å². The SMILES string of the molecule is C[C@@H](N)C(=O)OC(=O)[C@@H](C)N. The van der Waals surface area contributed by atoms with Gasteiger partial charge in [0.1, 0.15) is 12.1 Å². The summed E-state index contributed by atoms with van der Waals surface area (Å²) in [6.07, 6.45) is 0. The summed E-state index contributed by atoms with van der Waals surface area (Å²) in [5.41, 5.74) is 10.2. The van der Waals surface area contributed by atoms with Gasteiger partial charge in [0, 0.05) is 0 Å². The highest BCUT2D eigenvalue weighted by molar-refractivity contribution is 5.90. The van der Waals surface area contributed by atoms with Gasteiger partial charge >= 0.3 is 11.9 Å². The molecule has 0 aromatic heterocycles. The molecule has 2 atom stereocenters. The third-order valence-corrected chi connectivity index (χ3v) is 0.945. The lowest BCUT2D eigenvalue weighted by atomic mass is 10.3. The second-order valence-electron chi connectivity index (χ2n) is 2.32. The van der Waals surface area contributed by atoms with Crippen molar-refractivity contribution in [3.63, 3.8) is 0 Å². The van der Waals surface area contributed by atoms with Gasteiger partial charge < -0.3 is 16.2 Å². The Labute approximate surface area is 64.7 Å². The molecule has 0 amide bonds. The number of rotatable bonds is 2. The van der Waals surface area contributed by atoms with Gasteiger partial charge in [-0.15, -0.1) is 0 Å². The molecule has 0 aromatic rings. The smallest absolute Gasteiger partial charge is 0.330 e. The van der Waals surface area contributed by atoms with Crippen molar-refractivity contribution in [3.8, 4) is 0 Å². The zero-order valence-corrected chi connectivity index (χ0v) is 6.53. The minimum Gasteiger partial charge on any atom is -0.391 e. The number of hydrogen-bond acceptors (Lipinski definition) is 5. The van der Waals surface area contributed by atoms with Crippen LogP contribution in [0.15, 0.2) is 0 Å². The molecule has 11 heavy (non-hydrogen) atoms. The Balaban J connectivity index is 3.86. The van der Waals surface area contributed by atoms with Crippen LogP contribution in [0.4, 0.5) is 0 Å². The molecule has 0 fully saturated rings. The summed E-state index contributed by atoms with van der Waals surface area (Å²) in [5.74, 6) is -1.51. The van der Waals surface area contributed by atoms with Crippen LogP contribution >= 0.6 is 0 Å². The molecule has 0 aliphatic rings. The topological polar surface area (TPSA) is 95.4 Å². The fourth-order valence-corrected chi connectivity index (χ4v) is 0.285. The molecule has 0 spiro atoms. The summed E-state index contributed by atoms with van der Waals surface area (Å²) < 4.78 is 4.25. The Kier molecular flexibility index (Phi) is 3.70. The third-order valence-electron chi connectivity index (χ3n) is 0.945. The van der Waals surface area contributed by atoms with E-state index in [0.717, 1.165) is 0 Å². The number of carbonyl (C=O) groups is 2. The maximum Gasteiger partial charge on any atom is 0.330 e. The van der Waals surface area contributed by atoms with Crippen molar-refractivity contribution in [2.75, 3.05) is 0 Å². The van der Waals surface area contributed by atoms with Gasteiger partial charge in [-0.3, -0.25) is 0 Å². The Morgan fingerprint density at radius 1 is 1.09 bits per heavy atom. The second-order valence-corrected chi connectivity index (χ2v) is 2.32. The lowest BCUT2D eigenvalue weighted by Gasteiger charge is -2.06. The van der Waals surface area contributed by atoms with Gasteiger partial charge in [-0.05, 0) is 13.8 Å². The van der Waals surface area contributed by atoms with Crippen LogP contribution in [0.1, 0.15) is 13.8 Å². The van der Waals surface area contributed by atoms with E-state index in [-0.39, 0.29) is 0 Å². The summed E-state index contributed by atoms with van der Waals surface area (Å²) in [6.45, 7) is 2.85. The number of nitrogens with two attached hydrogens (primary N) is 2. The highest BCUT2D eigenvalue weighted by atomic mass is 16.6. The molecule has 0 bridgehead atoms. The van der Waals surface area contributed by atoms with E-state index in [2.05, 4.69) is 4.74 Å². The molecule has 0 saturated heterocycles. The minimum absolute atomic E-state index is 0.757. The molecule has 0 aliphatic heterocycles. The number of ether oxygens (including phenoxy) is 1. The van der Waals surface area contributed by atoms with Crippen LogP contribution in [-0.4, -0.2) is 24.0 Å². The van der Waals surface area contributed by atoms with Gasteiger partial charge in [-0.25, -0.2) is 9.59 Å². The first kappa shape index (κ1) is 10.1. The Bertz CT molecular complexity index is 147. The molecule has 0 aliphatic carbocycles. The van der Waals surface area contributed by atoms with Gasteiger partial charge in [0.05, 0.1) is 0 Å². The van der Waals surface area contributed by atoms with Crippen molar-refractivity contribution in [2.45, 2.75) is 25.9 Å². The molecule has 0 unspecified atom stereocenters. The first-order valence-corrected chi connectivity index (χ1v) is 3.22. The molecule has 64 valence electrons. The molecule has 0 heterocycles. The Morgan fingerprint density at radius 3 is 1.55 bits per heavy atom. The van der Waals surface area contributed by atoms with Crippen molar-refractivity contribution < 1.29 is 14.3 Å². The van der Waals surface area contributed by atoms with Gasteiger partial charge in [0.15, 0.2) is 0 Å². The lowest BCUT2D eigenvalue weighted by molar-refractivity contribution is -0.161. The standard InChI is InChI=1S/C6H12N2O3/c1-3(7)5(9)11-6(10)4(2)8/h3-4H,7-8H2,1-2H3/t3-,4-/m1/s1. The molecule has 0 rings (SSSR count).